The van der Waals surface area contributed by atoms with Crippen LogP contribution >= 0.6 is 0 Å². The number of ketones is 1. The minimum Gasteiger partial charge on any atom is -0.371 e. The van der Waals surface area contributed by atoms with E-state index in [1.807, 2.05) is 13.8 Å². The monoisotopic (exact) mass is 219 g/mol. The first kappa shape index (κ1) is 12.8. The van der Waals surface area contributed by atoms with Gasteiger partial charge in [-0.2, -0.15) is 0 Å². The molecule has 0 atom stereocenters. The van der Waals surface area contributed by atoms with Gasteiger partial charge in [-0.1, -0.05) is 31.5 Å². The summed E-state index contributed by atoms with van der Waals surface area (Å²) in [5, 5.41) is 0. The van der Waals surface area contributed by atoms with E-state index in [0.29, 0.717) is 18.6 Å². The summed E-state index contributed by atoms with van der Waals surface area (Å²) in [6.07, 6.45) is 1.40. The molecule has 1 aliphatic heterocycles. The van der Waals surface area contributed by atoms with E-state index in [1.165, 1.54) is 11.3 Å². The number of benzene rings is 1. The van der Waals surface area contributed by atoms with Crippen molar-refractivity contribution in [2.75, 3.05) is 18.0 Å². The van der Waals surface area contributed by atoms with Crippen molar-refractivity contribution in [3.05, 3.63) is 29.8 Å². The van der Waals surface area contributed by atoms with Crippen molar-refractivity contribution in [1.29, 1.82) is 0 Å². The zero-order chi connectivity index (χ0) is 12.0. The van der Waals surface area contributed by atoms with Crippen molar-refractivity contribution < 1.29 is 4.79 Å². The Kier molecular flexibility index (Phi) is 5.03. The van der Waals surface area contributed by atoms with Crippen molar-refractivity contribution in [3.63, 3.8) is 0 Å². The number of Topliss-reactive ketones (excluding diaryl/α,β-unsaturated/α-hetero) is 1. The fraction of sp³-hybridized carbons (Fsp3) is 0.500. The van der Waals surface area contributed by atoms with Crippen LogP contribution in [0.5, 0.6) is 0 Å². The number of carbonyl (C=O) groups is 1. The quantitative estimate of drug-likeness (QED) is 0.723. The third-order valence-electron chi connectivity index (χ3n) is 2.72. The smallest absolute Gasteiger partial charge is 0.136 e. The van der Waals surface area contributed by atoms with E-state index >= 15 is 0 Å². The lowest BCUT2D eigenvalue weighted by Crippen LogP contribution is -2.33. The Morgan fingerprint density at radius 1 is 1.00 bits per heavy atom. The first-order valence-electron chi connectivity index (χ1n) is 6.09. The molecule has 1 aliphatic rings. The summed E-state index contributed by atoms with van der Waals surface area (Å²) >= 11 is 0. The molecule has 16 heavy (non-hydrogen) atoms. The van der Waals surface area contributed by atoms with E-state index < -0.39 is 0 Å². The number of carbonyl (C=O) groups excluding carboxylic acids is 1. The van der Waals surface area contributed by atoms with E-state index in [2.05, 4.69) is 36.1 Å². The number of nitrogens with zero attached hydrogens (tertiary/aromatic N) is 1. The third kappa shape index (κ3) is 3.37. The molecule has 0 saturated carbocycles. The Hall–Kier alpha value is -1.31. The number of hydrogen-bond acceptors (Lipinski definition) is 2. The van der Waals surface area contributed by atoms with E-state index in [1.54, 1.807) is 0 Å². The minimum atomic E-state index is 0.397. The second-order valence-corrected chi connectivity index (χ2v) is 3.86. The van der Waals surface area contributed by atoms with Crippen LogP contribution in [-0.2, 0) is 4.79 Å². The van der Waals surface area contributed by atoms with E-state index in [-0.39, 0.29) is 0 Å². The molecule has 88 valence electrons. The molecule has 0 N–H and O–H groups in total. The fourth-order valence-electron chi connectivity index (χ4n) is 1.77. The maximum atomic E-state index is 11.1. The van der Waals surface area contributed by atoms with E-state index in [4.69, 9.17) is 0 Å². The Labute approximate surface area is 98.3 Å². The molecule has 1 heterocycles. The van der Waals surface area contributed by atoms with Gasteiger partial charge in [0.1, 0.15) is 5.78 Å². The summed E-state index contributed by atoms with van der Waals surface area (Å²) in [6, 6.07) is 8.49. The van der Waals surface area contributed by atoms with Crippen molar-refractivity contribution in [1.82, 2.24) is 0 Å². The third-order valence-corrected chi connectivity index (χ3v) is 2.72. The molecule has 0 unspecified atom stereocenters. The molecule has 0 aromatic heterocycles. The maximum Gasteiger partial charge on any atom is 0.136 e. The van der Waals surface area contributed by atoms with Gasteiger partial charge in [-0.15, -0.1) is 0 Å². The summed E-state index contributed by atoms with van der Waals surface area (Å²) in [6.45, 7) is 7.84. The number of hydrogen-bond donors (Lipinski definition) is 0. The van der Waals surface area contributed by atoms with Crippen LogP contribution in [0, 0.1) is 6.92 Å². The molecule has 0 aliphatic carbocycles. The molecule has 2 rings (SSSR count). The highest BCUT2D eigenvalue weighted by Gasteiger charge is 2.15. The molecule has 0 bridgehead atoms. The fourth-order valence-corrected chi connectivity index (χ4v) is 1.77. The van der Waals surface area contributed by atoms with Gasteiger partial charge in [0.25, 0.3) is 0 Å². The van der Waals surface area contributed by atoms with E-state index in [0.717, 1.165) is 13.1 Å². The van der Waals surface area contributed by atoms with Gasteiger partial charge in [-0.05, 0) is 19.1 Å². The Bertz CT molecular complexity index is 319. The van der Waals surface area contributed by atoms with Gasteiger partial charge in [-0.3, -0.25) is 4.79 Å². The lowest BCUT2D eigenvalue weighted by molar-refractivity contribution is -0.119. The summed E-state index contributed by atoms with van der Waals surface area (Å²) < 4.78 is 0. The largest absolute Gasteiger partial charge is 0.371 e. The van der Waals surface area contributed by atoms with Crippen molar-refractivity contribution in [2.45, 2.75) is 33.6 Å². The number of aryl methyl sites for hydroxylation is 1. The molecule has 1 fully saturated rings. The molecule has 2 nitrogen and oxygen atoms in total. The predicted molar refractivity (Wildman–Crippen MR) is 69.0 cm³/mol. The van der Waals surface area contributed by atoms with Gasteiger partial charge in [0.15, 0.2) is 0 Å². The van der Waals surface area contributed by atoms with Crippen LogP contribution in [0.25, 0.3) is 0 Å². The van der Waals surface area contributed by atoms with Gasteiger partial charge in [0.05, 0.1) is 0 Å². The van der Waals surface area contributed by atoms with Crippen LogP contribution in [0.3, 0.4) is 0 Å². The molecule has 2 heteroatoms. The summed E-state index contributed by atoms with van der Waals surface area (Å²) in [5.74, 6) is 0.397. The maximum absolute atomic E-state index is 11.1. The van der Waals surface area contributed by atoms with Gasteiger partial charge in [-0.25, -0.2) is 0 Å². The van der Waals surface area contributed by atoms with Crippen molar-refractivity contribution in [3.8, 4) is 0 Å². The van der Waals surface area contributed by atoms with E-state index in [9.17, 15) is 4.79 Å². The zero-order valence-corrected chi connectivity index (χ0v) is 10.5. The first-order chi connectivity index (χ1) is 7.75. The molecule has 1 saturated heterocycles. The molecule has 1 aromatic rings. The summed E-state index contributed by atoms with van der Waals surface area (Å²) in [4.78, 5) is 13.3. The Morgan fingerprint density at radius 3 is 2.00 bits per heavy atom. The van der Waals surface area contributed by atoms with Crippen LogP contribution in [-0.4, -0.2) is 18.9 Å². The molecule has 1 aromatic carbocycles. The highest BCUT2D eigenvalue weighted by molar-refractivity contribution is 5.81. The highest BCUT2D eigenvalue weighted by Crippen LogP contribution is 2.18. The number of rotatable bonds is 1. The van der Waals surface area contributed by atoms with Crippen molar-refractivity contribution >= 4 is 11.5 Å². The lowest BCUT2D eigenvalue weighted by Gasteiger charge is -2.28. The zero-order valence-electron chi connectivity index (χ0n) is 10.5. The standard InChI is InChI=1S/C12H15NO.C2H6/c1-10-2-4-11(5-3-10)13-8-6-12(14)7-9-13;1-2/h2-5H,6-9H2,1H3;1-2H3. The van der Waals surface area contributed by atoms with Crippen LogP contribution < -0.4 is 4.90 Å². The molecular formula is C14H21NO. The van der Waals surface area contributed by atoms with Gasteiger partial charge >= 0.3 is 0 Å². The molecule has 0 amide bonds. The average molecular weight is 219 g/mol. The van der Waals surface area contributed by atoms with Gasteiger partial charge in [0.2, 0.25) is 0 Å². The van der Waals surface area contributed by atoms with Crippen LogP contribution in [0.4, 0.5) is 5.69 Å². The lowest BCUT2D eigenvalue weighted by atomic mass is 10.1. The molecule has 0 radical (unpaired) electrons. The normalized spacial score (nSPS) is 15.4. The SMILES string of the molecule is CC.Cc1ccc(N2CCC(=O)CC2)cc1. The highest BCUT2D eigenvalue weighted by atomic mass is 16.1. The second-order valence-electron chi connectivity index (χ2n) is 3.86. The molecule has 0 spiro atoms. The Morgan fingerprint density at radius 2 is 1.50 bits per heavy atom. The Balaban J connectivity index is 0.000000606. The van der Waals surface area contributed by atoms with Crippen LogP contribution in [0.15, 0.2) is 24.3 Å². The minimum absolute atomic E-state index is 0.397. The average Bonchev–Trinajstić information content (AvgIpc) is 2.34. The first-order valence-corrected chi connectivity index (χ1v) is 6.09. The number of piperidine rings is 1. The van der Waals surface area contributed by atoms with Gasteiger partial charge < -0.3 is 4.90 Å². The van der Waals surface area contributed by atoms with Crippen LogP contribution in [0.1, 0.15) is 32.3 Å². The molecular weight excluding hydrogens is 198 g/mol. The number of anilines is 1. The van der Waals surface area contributed by atoms with Crippen molar-refractivity contribution in [2.24, 2.45) is 0 Å². The van der Waals surface area contributed by atoms with Crippen LogP contribution in [0.2, 0.25) is 0 Å². The second kappa shape index (κ2) is 6.31. The summed E-state index contributed by atoms with van der Waals surface area (Å²) in [5.41, 5.74) is 2.52. The van der Waals surface area contributed by atoms with Gasteiger partial charge in [0, 0.05) is 31.6 Å². The summed E-state index contributed by atoms with van der Waals surface area (Å²) in [7, 11) is 0. The topological polar surface area (TPSA) is 20.3 Å². The predicted octanol–water partition coefficient (Wildman–Crippen LogP) is 3.19.